The van der Waals surface area contributed by atoms with Gasteiger partial charge in [-0.05, 0) is 29.9 Å². The van der Waals surface area contributed by atoms with Crippen LogP contribution in [0.25, 0.3) is 43.8 Å². The molecule has 0 saturated carbocycles. The van der Waals surface area contributed by atoms with Crippen LogP contribution in [-0.2, 0) is 29.1 Å². The monoisotopic (exact) mass is 661 g/mol. The molecule has 243 valence electrons. The molecule has 6 aromatic rings. The van der Waals surface area contributed by atoms with E-state index in [0.717, 1.165) is 31.6 Å². The van der Waals surface area contributed by atoms with Crippen LogP contribution in [0.5, 0.6) is 0 Å². The van der Waals surface area contributed by atoms with E-state index in [0.29, 0.717) is 0 Å². The summed E-state index contributed by atoms with van der Waals surface area (Å²) < 4.78 is 0. The first-order valence-electron chi connectivity index (χ1n) is 16.8. The molecule has 6 aromatic carbocycles. The normalized spacial score (nSPS) is 10.1. The second kappa shape index (κ2) is 22.4. The zero-order valence-corrected chi connectivity index (χ0v) is 31.7. The third kappa shape index (κ3) is 12.3. The Balaban J connectivity index is 0.000000240. The first kappa shape index (κ1) is 39.1. The minimum atomic E-state index is 0.836. The van der Waals surface area contributed by atoms with E-state index in [1.54, 1.807) is 8.15 Å². The van der Waals surface area contributed by atoms with Crippen LogP contribution in [0, 0.1) is 19.8 Å². The topological polar surface area (TPSA) is 0 Å². The molecular weight excluding hydrogens is 608 g/mol. The third-order valence-electron chi connectivity index (χ3n) is 7.74. The molecule has 0 spiro atoms. The molecule has 0 radical (unpaired) electrons. The van der Waals surface area contributed by atoms with E-state index in [1.165, 1.54) is 67.8 Å². The van der Waals surface area contributed by atoms with Crippen molar-refractivity contribution in [2.45, 2.75) is 73.1 Å². The van der Waals surface area contributed by atoms with Gasteiger partial charge in [0, 0.05) is 0 Å². The van der Waals surface area contributed by atoms with Crippen LogP contribution in [-0.4, -0.2) is 8.15 Å². The van der Waals surface area contributed by atoms with Crippen molar-refractivity contribution in [1.82, 2.24) is 0 Å². The Labute approximate surface area is 292 Å². The first-order valence-corrected chi connectivity index (χ1v) is 20.4. The van der Waals surface area contributed by atoms with Gasteiger partial charge < -0.3 is 13.8 Å². The van der Waals surface area contributed by atoms with Gasteiger partial charge in [0.15, 0.2) is 0 Å². The Hall–Kier alpha value is -3.10. The van der Waals surface area contributed by atoms with Crippen molar-refractivity contribution >= 4 is 29.7 Å². The van der Waals surface area contributed by atoms with Gasteiger partial charge in [-0.15, -0.1) is 69.1 Å². The predicted molar refractivity (Wildman–Crippen MR) is 207 cm³/mol. The van der Waals surface area contributed by atoms with E-state index < -0.39 is 0 Å². The Bertz CT molecular complexity index is 1520. The number of fused-ring (bicyclic) bond motifs is 2. The SMILES string of the molecule is CCc1cc2c(-c3ccccc3)cccc2[cH-]1.CCc1cc2c(-c3ccccc3)cccc2[cH-]1.[CH2-]CCC.[CH2-]CCC(C)C.[SiH2]=[V]. The first-order chi connectivity index (χ1) is 22.4. The standard InChI is InChI=1S/2C17H15.C6H13.C4H9.H2Si.V/c2*1-2-13-11-15-9-6-10-16(17(15)12-13)14-7-4-3-5-8-14;1-4-5-6(2)3;1-3-4-2;;/h2*3-12H,2H2,1H3;6H,1,4-5H2,2-3H3;1,3-4H2,2H3;1H2;/q4*-1;;. The Morgan fingerprint density at radius 1 is 0.587 bits per heavy atom. The summed E-state index contributed by atoms with van der Waals surface area (Å²) in [5.41, 5.74) is 8.11. The van der Waals surface area contributed by atoms with Crippen LogP contribution in [0.15, 0.2) is 121 Å². The second-order valence-corrected chi connectivity index (χ2v) is 11.7. The third-order valence-corrected chi connectivity index (χ3v) is 7.74. The van der Waals surface area contributed by atoms with Crippen molar-refractivity contribution in [2.75, 3.05) is 0 Å². The van der Waals surface area contributed by atoms with Crippen LogP contribution in [0.1, 0.15) is 71.4 Å². The summed E-state index contributed by atoms with van der Waals surface area (Å²) in [6.07, 6.45) is 6.82. The van der Waals surface area contributed by atoms with Crippen molar-refractivity contribution in [1.29, 1.82) is 0 Å². The fourth-order valence-corrected chi connectivity index (χ4v) is 5.15. The van der Waals surface area contributed by atoms with Crippen LogP contribution in [0.3, 0.4) is 0 Å². The fraction of sp³-hybridized carbons (Fsp3) is 0.273. The summed E-state index contributed by atoms with van der Waals surface area (Å²) in [6.45, 7) is 18.3. The van der Waals surface area contributed by atoms with Gasteiger partial charge in [0.25, 0.3) is 0 Å². The summed E-state index contributed by atoms with van der Waals surface area (Å²) in [4.78, 5) is 0. The van der Waals surface area contributed by atoms with Gasteiger partial charge in [0.1, 0.15) is 0 Å². The number of hydrogen-bond acceptors (Lipinski definition) is 0. The van der Waals surface area contributed by atoms with Gasteiger partial charge in [-0.2, -0.15) is 25.0 Å². The van der Waals surface area contributed by atoms with E-state index >= 15 is 0 Å². The number of hydrogen-bond donors (Lipinski definition) is 0. The molecule has 0 aliphatic rings. The zero-order chi connectivity index (χ0) is 33.7. The molecule has 0 saturated heterocycles. The number of benzene rings is 4. The van der Waals surface area contributed by atoms with Gasteiger partial charge >= 0.3 is 24.4 Å². The summed E-state index contributed by atoms with van der Waals surface area (Å²) >= 11 is 2.34. The average Bonchev–Trinajstić information content (AvgIpc) is 3.75. The number of rotatable bonds is 7. The molecule has 0 heterocycles. The average molecular weight is 662 g/mol. The summed E-state index contributed by atoms with van der Waals surface area (Å²) in [7, 11) is 1.80. The maximum atomic E-state index is 3.73. The molecule has 0 atom stereocenters. The van der Waals surface area contributed by atoms with Crippen molar-refractivity contribution in [3.8, 4) is 22.3 Å². The second-order valence-electron chi connectivity index (χ2n) is 11.7. The molecular formula is C44H54SiV-4. The number of unbranched alkanes of at least 4 members (excludes halogenated alkanes) is 1. The Morgan fingerprint density at radius 3 is 1.26 bits per heavy atom. The Morgan fingerprint density at radius 2 is 0.978 bits per heavy atom. The van der Waals surface area contributed by atoms with Crippen molar-refractivity contribution < 1.29 is 16.3 Å². The predicted octanol–water partition coefficient (Wildman–Crippen LogP) is 12.5. The van der Waals surface area contributed by atoms with Crippen LogP contribution in [0.4, 0.5) is 0 Å². The van der Waals surface area contributed by atoms with Gasteiger partial charge in [-0.3, -0.25) is 0 Å². The zero-order valence-electron chi connectivity index (χ0n) is 28.9. The van der Waals surface area contributed by atoms with E-state index in [1.807, 2.05) is 0 Å². The van der Waals surface area contributed by atoms with Gasteiger partial charge in [-0.25, -0.2) is 0 Å². The molecule has 0 bridgehead atoms. The minimum absolute atomic E-state index is 0.836. The Kier molecular flexibility index (Phi) is 19.1. The molecule has 6 rings (SSSR count). The molecule has 0 aliphatic heterocycles. The van der Waals surface area contributed by atoms with E-state index in [9.17, 15) is 0 Å². The van der Waals surface area contributed by atoms with Gasteiger partial charge in [-0.1, -0.05) is 131 Å². The summed E-state index contributed by atoms with van der Waals surface area (Å²) in [6, 6.07) is 43.5. The maximum absolute atomic E-state index is 3.73. The molecule has 0 aliphatic carbocycles. The molecule has 0 N–H and O–H groups in total. The molecule has 0 nitrogen and oxygen atoms in total. The van der Waals surface area contributed by atoms with Crippen molar-refractivity contribution in [2.24, 2.45) is 5.92 Å². The molecule has 0 amide bonds. The van der Waals surface area contributed by atoms with Crippen molar-refractivity contribution in [3.63, 3.8) is 0 Å². The van der Waals surface area contributed by atoms with Crippen LogP contribution >= 0.6 is 0 Å². The summed E-state index contributed by atoms with van der Waals surface area (Å²) in [5, 5.41) is 5.44. The summed E-state index contributed by atoms with van der Waals surface area (Å²) in [5.74, 6) is 0.836. The molecule has 0 fully saturated rings. The quantitative estimate of drug-likeness (QED) is 0.118. The molecule has 0 unspecified atom stereocenters. The fourth-order valence-electron chi connectivity index (χ4n) is 5.15. The van der Waals surface area contributed by atoms with E-state index in [4.69, 9.17) is 0 Å². The van der Waals surface area contributed by atoms with E-state index in [-0.39, 0.29) is 0 Å². The number of aryl methyl sites for hydroxylation is 2. The molecule has 46 heavy (non-hydrogen) atoms. The van der Waals surface area contributed by atoms with Crippen LogP contribution in [0.2, 0.25) is 0 Å². The van der Waals surface area contributed by atoms with Crippen LogP contribution < -0.4 is 0 Å². The van der Waals surface area contributed by atoms with Gasteiger partial charge in [0.2, 0.25) is 0 Å². The van der Waals surface area contributed by atoms with E-state index in [2.05, 4.69) is 186 Å². The van der Waals surface area contributed by atoms with Crippen molar-refractivity contribution in [3.05, 3.63) is 146 Å². The van der Waals surface area contributed by atoms with Gasteiger partial charge in [0.05, 0.1) is 0 Å². The molecule has 2 heteroatoms. The molecule has 0 aromatic heterocycles.